The second-order valence-electron chi connectivity index (χ2n) is 6.79. The summed E-state index contributed by atoms with van der Waals surface area (Å²) in [6, 6.07) is 9.65. The molecule has 9 nitrogen and oxygen atoms in total. The maximum atomic E-state index is 12.2. The van der Waals surface area contributed by atoms with Crippen molar-refractivity contribution in [2.45, 2.75) is 37.7 Å². The van der Waals surface area contributed by atoms with Crippen molar-refractivity contribution in [1.82, 2.24) is 26.1 Å². The summed E-state index contributed by atoms with van der Waals surface area (Å²) >= 11 is 2.55. The molecule has 1 aliphatic heterocycles. The maximum absolute atomic E-state index is 12.2. The second kappa shape index (κ2) is 11.0. The van der Waals surface area contributed by atoms with Crippen molar-refractivity contribution in [2.24, 2.45) is 0 Å². The average Bonchev–Trinajstić information content (AvgIpc) is 3.11. The molecule has 1 aliphatic rings. The Balaban J connectivity index is 1.38. The number of aromatic nitrogens is 2. The number of amides is 3. The van der Waals surface area contributed by atoms with Crippen molar-refractivity contribution in [3.8, 4) is 0 Å². The fourth-order valence-corrected chi connectivity index (χ4v) is 4.41. The van der Waals surface area contributed by atoms with Crippen LogP contribution >= 0.6 is 23.1 Å². The average molecular weight is 449 g/mol. The lowest BCUT2D eigenvalue weighted by Crippen LogP contribution is -2.56. The van der Waals surface area contributed by atoms with Crippen molar-refractivity contribution in [1.29, 1.82) is 0 Å². The van der Waals surface area contributed by atoms with Crippen LogP contribution in [-0.4, -0.2) is 51.8 Å². The molecule has 1 saturated heterocycles. The minimum absolute atomic E-state index is 0.105. The SMILES string of the molecule is Cc1nnc(NC(=O)CSC2NC(=O)CC(CC(=O)NCCc3ccccc3)N2)s1. The first kappa shape index (κ1) is 22.2. The first-order valence-corrected chi connectivity index (χ1v) is 11.4. The molecule has 2 heterocycles. The quantitative estimate of drug-likeness (QED) is 0.451. The molecule has 4 N–H and O–H groups in total. The molecule has 2 aromatic rings. The number of carbonyl (C=O) groups is 3. The molecule has 0 aliphatic carbocycles. The van der Waals surface area contributed by atoms with Crippen molar-refractivity contribution >= 4 is 46.0 Å². The van der Waals surface area contributed by atoms with E-state index >= 15 is 0 Å². The molecule has 1 aromatic carbocycles. The van der Waals surface area contributed by atoms with Gasteiger partial charge in [-0.25, -0.2) is 0 Å². The first-order valence-electron chi connectivity index (χ1n) is 9.55. The summed E-state index contributed by atoms with van der Waals surface area (Å²) in [4.78, 5) is 36.3. The van der Waals surface area contributed by atoms with Crippen LogP contribution in [0.25, 0.3) is 0 Å². The van der Waals surface area contributed by atoms with Gasteiger partial charge in [0.05, 0.1) is 5.75 Å². The number of aryl methyl sites for hydroxylation is 1. The smallest absolute Gasteiger partial charge is 0.236 e. The Morgan fingerprint density at radius 2 is 2.03 bits per heavy atom. The third-order valence-electron chi connectivity index (χ3n) is 4.27. The Morgan fingerprint density at radius 3 is 2.77 bits per heavy atom. The van der Waals surface area contributed by atoms with Gasteiger partial charge in [-0.3, -0.25) is 25.0 Å². The molecule has 0 radical (unpaired) electrons. The van der Waals surface area contributed by atoms with Crippen LogP contribution in [0.1, 0.15) is 23.4 Å². The van der Waals surface area contributed by atoms with Crippen LogP contribution in [0.3, 0.4) is 0 Å². The van der Waals surface area contributed by atoms with Crippen molar-refractivity contribution in [3.05, 3.63) is 40.9 Å². The molecule has 2 unspecified atom stereocenters. The number of anilines is 1. The Bertz CT molecular complexity index is 876. The maximum Gasteiger partial charge on any atom is 0.236 e. The number of rotatable bonds is 9. The van der Waals surface area contributed by atoms with Gasteiger partial charge in [0.1, 0.15) is 10.5 Å². The molecule has 2 atom stereocenters. The van der Waals surface area contributed by atoms with Crippen molar-refractivity contribution in [3.63, 3.8) is 0 Å². The summed E-state index contributed by atoms with van der Waals surface area (Å²) in [5.41, 5.74) is 0.724. The highest BCUT2D eigenvalue weighted by atomic mass is 32.2. The highest BCUT2D eigenvalue weighted by Crippen LogP contribution is 2.17. The zero-order valence-corrected chi connectivity index (χ0v) is 18.1. The lowest BCUT2D eigenvalue weighted by molar-refractivity contribution is -0.125. The highest BCUT2D eigenvalue weighted by Gasteiger charge is 2.28. The van der Waals surface area contributed by atoms with E-state index in [2.05, 4.69) is 31.5 Å². The second-order valence-corrected chi connectivity index (χ2v) is 9.07. The summed E-state index contributed by atoms with van der Waals surface area (Å²) in [6.45, 7) is 2.35. The number of benzene rings is 1. The molecule has 30 heavy (non-hydrogen) atoms. The monoisotopic (exact) mass is 448 g/mol. The van der Waals surface area contributed by atoms with Gasteiger partial charge in [-0.05, 0) is 18.9 Å². The first-order chi connectivity index (χ1) is 14.5. The van der Waals surface area contributed by atoms with E-state index in [0.717, 1.165) is 17.0 Å². The molecule has 0 bridgehead atoms. The Kier molecular flexibility index (Phi) is 8.17. The number of hydrogen-bond acceptors (Lipinski definition) is 8. The largest absolute Gasteiger partial charge is 0.356 e. The van der Waals surface area contributed by atoms with Crippen LogP contribution in [-0.2, 0) is 20.8 Å². The standard InChI is InChI=1S/C19H24N6O3S2/c1-12-24-25-19(30-12)23-17(28)11-29-18-21-14(10-16(27)22-18)9-15(26)20-8-7-13-5-3-2-4-6-13/h2-6,14,18,21H,7-11H2,1H3,(H,20,26)(H,22,27)(H,23,25,28). The van der Waals surface area contributed by atoms with Crippen LogP contribution in [0.15, 0.2) is 30.3 Å². The summed E-state index contributed by atoms with van der Waals surface area (Å²) in [6.07, 6.45) is 1.18. The summed E-state index contributed by atoms with van der Waals surface area (Å²) in [7, 11) is 0. The van der Waals surface area contributed by atoms with Crippen LogP contribution in [0.2, 0.25) is 0 Å². The van der Waals surface area contributed by atoms with Gasteiger partial charge in [-0.15, -0.1) is 22.0 Å². The summed E-state index contributed by atoms with van der Waals surface area (Å²) < 4.78 is 0. The minimum atomic E-state index is -0.435. The molecule has 1 aromatic heterocycles. The van der Waals surface area contributed by atoms with Gasteiger partial charge in [-0.1, -0.05) is 41.7 Å². The molecule has 11 heteroatoms. The van der Waals surface area contributed by atoms with Crippen molar-refractivity contribution in [2.75, 3.05) is 17.6 Å². The Morgan fingerprint density at radius 1 is 1.23 bits per heavy atom. The number of nitrogens with zero attached hydrogens (tertiary/aromatic N) is 2. The predicted octanol–water partition coefficient (Wildman–Crippen LogP) is 1.03. The highest BCUT2D eigenvalue weighted by molar-refractivity contribution is 8.00. The van der Waals surface area contributed by atoms with Crippen LogP contribution in [0.5, 0.6) is 0 Å². The zero-order valence-electron chi connectivity index (χ0n) is 16.5. The van der Waals surface area contributed by atoms with Gasteiger partial charge < -0.3 is 10.6 Å². The van der Waals surface area contributed by atoms with Crippen LogP contribution in [0, 0.1) is 6.92 Å². The number of carbonyl (C=O) groups excluding carboxylic acids is 3. The molecule has 0 spiro atoms. The van der Waals surface area contributed by atoms with Gasteiger partial charge in [-0.2, -0.15) is 0 Å². The molecular formula is C19H24N6O3S2. The van der Waals surface area contributed by atoms with E-state index in [9.17, 15) is 14.4 Å². The van der Waals surface area contributed by atoms with E-state index in [4.69, 9.17) is 0 Å². The summed E-state index contributed by atoms with van der Waals surface area (Å²) in [5, 5.41) is 20.5. The fraction of sp³-hybridized carbons (Fsp3) is 0.421. The molecule has 3 amide bonds. The van der Waals surface area contributed by atoms with Crippen LogP contribution < -0.4 is 21.3 Å². The fourth-order valence-electron chi connectivity index (χ4n) is 2.91. The van der Waals surface area contributed by atoms with Gasteiger partial charge in [0.2, 0.25) is 22.9 Å². The third-order valence-corrected chi connectivity index (χ3v) is 6.05. The van der Waals surface area contributed by atoms with Gasteiger partial charge in [0, 0.05) is 25.4 Å². The van der Waals surface area contributed by atoms with E-state index in [-0.39, 0.29) is 42.4 Å². The molecular weight excluding hydrogens is 424 g/mol. The lowest BCUT2D eigenvalue weighted by atomic mass is 10.1. The van der Waals surface area contributed by atoms with E-state index in [1.54, 1.807) is 0 Å². The molecule has 160 valence electrons. The van der Waals surface area contributed by atoms with E-state index in [1.807, 2.05) is 37.3 Å². The lowest BCUT2D eigenvalue weighted by Gasteiger charge is -2.30. The Hall–Kier alpha value is -2.50. The zero-order chi connectivity index (χ0) is 21.3. The minimum Gasteiger partial charge on any atom is -0.356 e. The number of nitrogens with one attached hydrogen (secondary N) is 4. The normalized spacial score (nSPS) is 18.5. The molecule has 3 rings (SSSR count). The summed E-state index contributed by atoms with van der Waals surface area (Å²) in [5.74, 6) is -0.347. The van der Waals surface area contributed by atoms with Gasteiger partial charge in [0.25, 0.3) is 0 Å². The van der Waals surface area contributed by atoms with E-state index < -0.39 is 5.50 Å². The van der Waals surface area contributed by atoms with Crippen LogP contribution in [0.4, 0.5) is 5.13 Å². The Labute approximate surface area is 182 Å². The van der Waals surface area contributed by atoms with Crippen molar-refractivity contribution < 1.29 is 14.4 Å². The number of thioether (sulfide) groups is 1. The van der Waals surface area contributed by atoms with Gasteiger partial charge >= 0.3 is 0 Å². The molecule has 0 saturated carbocycles. The predicted molar refractivity (Wildman–Crippen MR) is 117 cm³/mol. The van der Waals surface area contributed by atoms with E-state index in [0.29, 0.717) is 11.7 Å². The molecule has 1 fully saturated rings. The topological polar surface area (TPSA) is 125 Å². The third kappa shape index (κ3) is 7.39. The number of hydrogen-bond donors (Lipinski definition) is 4. The van der Waals surface area contributed by atoms with E-state index in [1.165, 1.54) is 23.1 Å². The van der Waals surface area contributed by atoms with Gasteiger partial charge in [0.15, 0.2) is 0 Å².